The van der Waals surface area contributed by atoms with Crippen LogP contribution in [0.15, 0.2) is 30.5 Å². The summed E-state index contributed by atoms with van der Waals surface area (Å²) < 4.78 is 2.40. The molecular formula is C16H24N2S. The van der Waals surface area contributed by atoms with E-state index >= 15 is 0 Å². The zero-order valence-electron chi connectivity index (χ0n) is 12.1. The Hall–Kier alpha value is -0.930. The van der Waals surface area contributed by atoms with E-state index in [4.69, 9.17) is 0 Å². The summed E-state index contributed by atoms with van der Waals surface area (Å²) in [6.07, 6.45) is 5.60. The molecule has 2 aromatic rings. The van der Waals surface area contributed by atoms with Crippen LogP contribution in [0.2, 0.25) is 0 Å². The molecule has 2 rings (SSSR count). The molecule has 0 bridgehead atoms. The van der Waals surface area contributed by atoms with Crippen molar-refractivity contribution in [3.63, 3.8) is 0 Å². The number of aromatic nitrogens is 1. The normalized spacial score (nSPS) is 11.6. The summed E-state index contributed by atoms with van der Waals surface area (Å²) >= 11 is 1.90. The maximum Gasteiger partial charge on any atom is 0.0483 e. The van der Waals surface area contributed by atoms with Crippen molar-refractivity contribution < 1.29 is 0 Å². The lowest BCUT2D eigenvalue weighted by Crippen LogP contribution is -2.24. The number of para-hydroxylation sites is 1. The summed E-state index contributed by atoms with van der Waals surface area (Å²) in [6.45, 7) is 6.54. The van der Waals surface area contributed by atoms with Crippen LogP contribution in [0.5, 0.6) is 0 Å². The predicted molar refractivity (Wildman–Crippen MR) is 87.2 cm³/mol. The van der Waals surface area contributed by atoms with Gasteiger partial charge in [0, 0.05) is 35.4 Å². The maximum atomic E-state index is 3.50. The monoisotopic (exact) mass is 276 g/mol. The van der Waals surface area contributed by atoms with Crippen molar-refractivity contribution in [1.29, 1.82) is 0 Å². The maximum absolute atomic E-state index is 3.50. The molecule has 3 heteroatoms. The van der Waals surface area contributed by atoms with Crippen LogP contribution in [0.3, 0.4) is 0 Å². The summed E-state index contributed by atoms with van der Waals surface area (Å²) in [5, 5.41) is 4.91. The van der Waals surface area contributed by atoms with Crippen molar-refractivity contribution >= 4 is 22.7 Å². The van der Waals surface area contributed by atoms with Gasteiger partial charge in [0.05, 0.1) is 0 Å². The molecule has 0 atom stereocenters. The Morgan fingerprint density at radius 2 is 2.05 bits per heavy atom. The first kappa shape index (κ1) is 14.5. The van der Waals surface area contributed by atoms with E-state index in [0.29, 0.717) is 6.04 Å². The van der Waals surface area contributed by atoms with Gasteiger partial charge in [0.25, 0.3) is 0 Å². The van der Waals surface area contributed by atoms with E-state index in [0.717, 1.165) is 19.5 Å². The van der Waals surface area contributed by atoms with Gasteiger partial charge in [0.15, 0.2) is 0 Å². The highest BCUT2D eigenvalue weighted by molar-refractivity contribution is 7.98. The lowest BCUT2D eigenvalue weighted by Gasteiger charge is -2.06. The molecule has 0 aliphatic rings. The Morgan fingerprint density at radius 1 is 1.26 bits per heavy atom. The second-order valence-electron chi connectivity index (χ2n) is 5.22. The van der Waals surface area contributed by atoms with E-state index in [9.17, 15) is 0 Å². The number of benzene rings is 1. The molecule has 2 nitrogen and oxygen atoms in total. The lowest BCUT2D eigenvalue weighted by molar-refractivity contribution is 0.590. The average Bonchev–Trinajstić information content (AvgIpc) is 2.75. The number of fused-ring (bicyclic) bond motifs is 1. The van der Waals surface area contributed by atoms with Gasteiger partial charge in [0.2, 0.25) is 0 Å². The minimum Gasteiger partial charge on any atom is -0.346 e. The van der Waals surface area contributed by atoms with Crippen LogP contribution in [0.1, 0.15) is 19.4 Å². The number of hydrogen-bond donors (Lipinski definition) is 1. The molecule has 0 saturated carbocycles. The molecule has 0 aliphatic heterocycles. The molecule has 1 N–H and O–H groups in total. The van der Waals surface area contributed by atoms with Crippen LogP contribution in [-0.4, -0.2) is 29.2 Å². The third kappa shape index (κ3) is 3.77. The number of thioether (sulfide) groups is 1. The number of aryl methyl sites for hydroxylation is 1. The van der Waals surface area contributed by atoms with Crippen LogP contribution in [0, 0.1) is 0 Å². The Kier molecular flexibility index (Phi) is 5.34. The van der Waals surface area contributed by atoms with Crippen molar-refractivity contribution in [1.82, 2.24) is 9.88 Å². The molecule has 0 radical (unpaired) electrons. The first-order valence-electron chi connectivity index (χ1n) is 7.01. The quantitative estimate of drug-likeness (QED) is 0.833. The zero-order valence-corrected chi connectivity index (χ0v) is 13.0. The topological polar surface area (TPSA) is 17.0 Å². The van der Waals surface area contributed by atoms with Crippen molar-refractivity contribution in [2.75, 3.05) is 18.6 Å². The largest absolute Gasteiger partial charge is 0.346 e. The minimum absolute atomic E-state index is 0.560. The highest BCUT2D eigenvalue weighted by Crippen LogP contribution is 2.22. The molecule has 0 fully saturated rings. The first-order valence-corrected chi connectivity index (χ1v) is 8.41. The van der Waals surface area contributed by atoms with Crippen LogP contribution >= 0.6 is 11.8 Å². The highest BCUT2D eigenvalue weighted by Gasteiger charge is 2.07. The van der Waals surface area contributed by atoms with Crippen molar-refractivity contribution in [3.05, 3.63) is 36.0 Å². The van der Waals surface area contributed by atoms with Crippen LogP contribution < -0.4 is 5.32 Å². The molecule has 1 aromatic heterocycles. The summed E-state index contributed by atoms with van der Waals surface area (Å²) in [4.78, 5) is 0. The molecule has 0 spiro atoms. The van der Waals surface area contributed by atoms with Gasteiger partial charge in [-0.1, -0.05) is 32.0 Å². The number of rotatable bonds is 7. The SMILES string of the molecule is CSCCn1cc(CCNC(C)C)c2ccccc21. The molecule has 0 saturated heterocycles. The van der Waals surface area contributed by atoms with Gasteiger partial charge in [0.1, 0.15) is 0 Å². The summed E-state index contributed by atoms with van der Waals surface area (Å²) in [7, 11) is 0. The molecule has 0 unspecified atom stereocenters. The number of nitrogens with zero attached hydrogens (tertiary/aromatic N) is 1. The predicted octanol–water partition coefficient (Wildman–Crippen LogP) is 3.54. The molecule has 1 aromatic carbocycles. The Labute approximate surface area is 120 Å². The number of hydrogen-bond acceptors (Lipinski definition) is 2. The summed E-state index contributed by atoms with van der Waals surface area (Å²) in [5.41, 5.74) is 2.83. The average molecular weight is 276 g/mol. The van der Waals surface area contributed by atoms with Gasteiger partial charge < -0.3 is 9.88 Å². The summed E-state index contributed by atoms with van der Waals surface area (Å²) in [6, 6.07) is 9.31. The molecule has 104 valence electrons. The van der Waals surface area contributed by atoms with Gasteiger partial charge in [-0.05, 0) is 30.9 Å². The van der Waals surface area contributed by atoms with E-state index in [1.54, 1.807) is 0 Å². The first-order chi connectivity index (χ1) is 9.22. The second kappa shape index (κ2) is 7.01. The van der Waals surface area contributed by atoms with Crippen LogP contribution in [0.4, 0.5) is 0 Å². The van der Waals surface area contributed by atoms with E-state index in [-0.39, 0.29) is 0 Å². The molecule has 1 heterocycles. The molecule has 19 heavy (non-hydrogen) atoms. The van der Waals surface area contributed by atoms with Crippen molar-refractivity contribution in [2.45, 2.75) is 32.9 Å². The van der Waals surface area contributed by atoms with Gasteiger partial charge in [-0.15, -0.1) is 0 Å². The zero-order chi connectivity index (χ0) is 13.7. The summed E-state index contributed by atoms with van der Waals surface area (Å²) in [5.74, 6) is 1.17. The third-order valence-corrected chi connectivity index (χ3v) is 3.95. The second-order valence-corrected chi connectivity index (χ2v) is 6.20. The Morgan fingerprint density at radius 3 is 2.79 bits per heavy atom. The number of nitrogens with one attached hydrogen (secondary N) is 1. The fourth-order valence-corrected chi connectivity index (χ4v) is 2.77. The van der Waals surface area contributed by atoms with Gasteiger partial charge in [-0.3, -0.25) is 0 Å². The smallest absolute Gasteiger partial charge is 0.0483 e. The van der Waals surface area contributed by atoms with Crippen molar-refractivity contribution in [3.8, 4) is 0 Å². The van der Waals surface area contributed by atoms with E-state index < -0.39 is 0 Å². The van der Waals surface area contributed by atoms with Gasteiger partial charge in [-0.2, -0.15) is 11.8 Å². The minimum atomic E-state index is 0.560. The van der Waals surface area contributed by atoms with Crippen LogP contribution in [-0.2, 0) is 13.0 Å². The lowest BCUT2D eigenvalue weighted by atomic mass is 10.1. The standard InChI is InChI=1S/C16H24N2S/c1-13(2)17-9-8-14-12-18(10-11-19-3)16-7-5-4-6-15(14)16/h4-7,12-13,17H,8-11H2,1-3H3. The fourth-order valence-electron chi connectivity index (χ4n) is 2.39. The van der Waals surface area contributed by atoms with E-state index in [1.165, 1.54) is 22.2 Å². The Bertz CT molecular complexity index is 516. The van der Waals surface area contributed by atoms with Crippen molar-refractivity contribution in [2.24, 2.45) is 0 Å². The van der Waals surface area contributed by atoms with Gasteiger partial charge >= 0.3 is 0 Å². The van der Waals surface area contributed by atoms with E-state index in [1.807, 2.05) is 11.8 Å². The Balaban J connectivity index is 2.18. The third-order valence-electron chi connectivity index (χ3n) is 3.35. The molecule has 0 amide bonds. The molecular weight excluding hydrogens is 252 g/mol. The van der Waals surface area contributed by atoms with E-state index in [2.05, 4.69) is 60.4 Å². The van der Waals surface area contributed by atoms with Gasteiger partial charge in [-0.25, -0.2) is 0 Å². The molecule has 0 aliphatic carbocycles. The van der Waals surface area contributed by atoms with Crippen LogP contribution in [0.25, 0.3) is 10.9 Å². The fraction of sp³-hybridized carbons (Fsp3) is 0.500. The highest BCUT2D eigenvalue weighted by atomic mass is 32.2.